The fourth-order valence-electron chi connectivity index (χ4n) is 2.84. The number of carbonyl (C=O) groups is 2. The molecule has 6 heteroatoms. The first-order valence-electron chi connectivity index (χ1n) is 8.16. The molecular formula is C19H24N2O4. The van der Waals surface area contributed by atoms with Crippen LogP contribution in [-0.2, 0) is 9.53 Å². The predicted octanol–water partition coefficient (Wildman–Crippen LogP) is 3.18. The van der Waals surface area contributed by atoms with Gasteiger partial charge in [0.25, 0.3) is 5.91 Å². The largest absolute Gasteiger partial charge is 0.448 e. The first-order chi connectivity index (χ1) is 11.7. The lowest BCUT2D eigenvalue weighted by atomic mass is 10.1. The van der Waals surface area contributed by atoms with Crippen LogP contribution in [0.1, 0.15) is 52.8 Å². The summed E-state index contributed by atoms with van der Waals surface area (Å²) in [4.78, 5) is 27.5. The number of anilines is 1. The van der Waals surface area contributed by atoms with Crippen LogP contribution >= 0.6 is 0 Å². The van der Waals surface area contributed by atoms with Crippen LogP contribution < -0.4 is 5.32 Å². The van der Waals surface area contributed by atoms with E-state index in [-0.39, 0.29) is 5.69 Å². The van der Waals surface area contributed by atoms with Gasteiger partial charge < -0.3 is 20.1 Å². The first-order valence-corrected chi connectivity index (χ1v) is 8.16. The van der Waals surface area contributed by atoms with Gasteiger partial charge in [0.15, 0.2) is 6.10 Å². The number of benzene rings is 1. The van der Waals surface area contributed by atoms with Gasteiger partial charge in [-0.15, -0.1) is 0 Å². The minimum absolute atomic E-state index is 0.253. The number of amides is 1. The Morgan fingerprint density at radius 2 is 1.88 bits per heavy atom. The molecule has 0 saturated carbocycles. The average molecular weight is 344 g/mol. The van der Waals surface area contributed by atoms with Crippen LogP contribution in [0, 0.1) is 20.8 Å². The molecule has 6 nitrogen and oxygen atoms in total. The van der Waals surface area contributed by atoms with Crippen LogP contribution in [-0.4, -0.2) is 28.1 Å². The predicted molar refractivity (Wildman–Crippen MR) is 95.6 cm³/mol. The Kier molecular flexibility index (Phi) is 5.64. The van der Waals surface area contributed by atoms with Crippen molar-refractivity contribution in [3.05, 3.63) is 52.3 Å². The lowest BCUT2D eigenvalue weighted by Crippen LogP contribution is -2.30. The van der Waals surface area contributed by atoms with Crippen molar-refractivity contribution in [1.82, 2.24) is 4.98 Å². The number of H-pyrrole nitrogens is 1. The minimum atomic E-state index is -0.953. The van der Waals surface area contributed by atoms with Gasteiger partial charge in [-0.3, -0.25) is 4.79 Å². The van der Waals surface area contributed by atoms with E-state index in [2.05, 4.69) is 10.3 Å². The van der Waals surface area contributed by atoms with Gasteiger partial charge in [0.1, 0.15) is 5.69 Å². The molecule has 134 valence electrons. The maximum atomic E-state index is 12.4. The smallest absolute Gasteiger partial charge is 0.355 e. The molecule has 1 amide bonds. The van der Waals surface area contributed by atoms with Gasteiger partial charge in [0, 0.05) is 16.9 Å². The molecule has 0 aliphatic carbocycles. The normalized spacial score (nSPS) is 13.2. The number of aliphatic hydroxyl groups is 1. The second-order valence-corrected chi connectivity index (χ2v) is 6.25. The summed E-state index contributed by atoms with van der Waals surface area (Å²) in [6, 6.07) is 7.37. The quantitative estimate of drug-likeness (QED) is 0.727. The van der Waals surface area contributed by atoms with E-state index in [1.54, 1.807) is 26.8 Å². The summed E-state index contributed by atoms with van der Waals surface area (Å²) in [7, 11) is 0. The van der Waals surface area contributed by atoms with Crippen molar-refractivity contribution in [1.29, 1.82) is 0 Å². The van der Waals surface area contributed by atoms with Crippen molar-refractivity contribution < 1.29 is 19.4 Å². The zero-order valence-corrected chi connectivity index (χ0v) is 15.1. The third-order valence-corrected chi connectivity index (χ3v) is 4.06. The Morgan fingerprint density at radius 1 is 1.20 bits per heavy atom. The van der Waals surface area contributed by atoms with E-state index in [0.717, 1.165) is 5.56 Å². The van der Waals surface area contributed by atoms with Gasteiger partial charge in [-0.25, -0.2) is 4.79 Å². The highest BCUT2D eigenvalue weighted by Crippen LogP contribution is 2.25. The number of esters is 1. The molecule has 1 aromatic heterocycles. The van der Waals surface area contributed by atoms with E-state index < -0.39 is 24.1 Å². The number of aryl methyl sites for hydroxylation is 2. The molecule has 0 aliphatic heterocycles. The van der Waals surface area contributed by atoms with E-state index in [9.17, 15) is 14.7 Å². The van der Waals surface area contributed by atoms with E-state index in [1.165, 1.54) is 6.92 Å². The summed E-state index contributed by atoms with van der Waals surface area (Å²) < 4.78 is 5.27. The zero-order valence-electron chi connectivity index (χ0n) is 15.1. The summed E-state index contributed by atoms with van der Waals surface area (Å²) in [6.45, 7) is 8.59. The molecule has 0 aliphatic rings. The van der Waals surface area contributed by atoms with Crippen LogP contribution in [0.15, 0.2) is 24.3 Å². The molecule has 0 saturated heterocycles. The minimum Gasteiger partial charge on any atom is -0.448 e. The molecule has 2 atom stereocenters. The Morgan fingerprint density at radius 3 is 2.44 bits per heavy atom. The fourth-order valence-corrected chi connectivity index (χ4v) is 2.84. The van der Waals surface area contributed by atoms with Gasteiger partial charge in [-0.1, -0.05) is 12.1 Å². The highest BCUT2D eigenvalue weighted by Gasteiger charge is 2.24. The Labute approximate surface area is 147 Å². The molecule has 2 aromatic rings. The topological polar surface area (TPSA) is 91.4 Å². The van der Waals surface area contributed by atoms with Crippen LogP contribution in [0.2, 0.25) is 0 Å². The molecule has 1 heterocycles. The number of rotatable bonds is 5. The van der Waals surface area contributed by atoms with Crippen molar-refractivity contribution in [2.24, 2.45) is 0 Å². The number of carbonyl (C=O) groups excluding carboxylic acids is 2. The van der Waals surface area contributed by atoms with Crippen molar-refractivity contribution in [3.8, 4) is 0 Å². The number of nitrogens with one attached hydrogen (secondary N) is 2. The Bertz CT molecular complexity index is 793. The van der Waals surface area contributed by atoms with Crippen molar-refractivity contribution >= 4 is 17.6 Å². The molecule has 0 unspecified atom stereocenters. The summed E-state index contributed by atoms with van der Waals surface area (Å²) in [5.74, 6) is -1.03. The van der Waals surface area contributed by atoms with E-state index in [1.807, 2.05) is 25.1 Å². The average Bonchev–Trinajstić information content (AvgIpc) is 2.82. The third-order valence-electron chi connectivity index (χ3n) is 4.06. The third kappa shape index (κ3) is 4.28. The molecular weight excluding hydrogens is 320 g/mol. The summed E-state index contributed by atoms with van der Waals surface area (Å²) in [5, 5.41) is 12.5. The molecule has 25 heavy (non-hydrogen) atoms. The standard InChI is InChI=1S/C19H24N2O4/c1-10-7-6-8-15(9-10)21-18(23)14(5)25-19(24)17-11(2)16(13(4)22)12(3)20-17/h6-9,13-14,20,22H,1-5H3,(H,21,23)/t13-,14-/m0/s1. The molecule has 0 fully saturated rings. The van der Waals surface area contributed by atoms with Crippen LogP contribution in [0.3, 0.4) is 0 Å². The molecule has 3 N–H and O–H groups in total. The van der Waals surface area contributed by atoms with E-state index >= 15 is 0 Å². The SMILES string of the molecule is Cc1cccc(NC(=O)[C@H](C)OC(=O)c2[nH]c(C)c([C@H](C)O)c2C)c1. The van der Waals surface area contributed by atoms with E-state index in [0.29, 0.717) is 22.5 Å². The van der Waals surface area contributed by atoms with Gasteiger partial charge in [-0.05, 0) is 57.9 Å². The van der Waals surface area contributed by atoms with Crippen molar-refractivity contribution in [3.63, 3.8) is 0 Å². The second-order valence-electron chi connectivity index (χ2n) is 6.25. The van der Waals surface area contributed by atoms with Crippen molar-refractivity contribution in [2.75, 3.05) is 5.32 Å². The number of aromatic nitrogens is 1. The van der Waals surface area contributed by atoms with Crippen LogP contribution in [0.5, 0.6) is 0 Å². The van der Waals surface area contributed by atoms with Crippen LogP contribution in [0.25, 0.3) is 0 Å². The number of aliphatic hydroxyl groups excluding tert-OH is 1. The maximum absolute atomic E-state index is 12.4. The highest BCUT2D eigenvalue weighted by atomic mass is 16.5. The molecule has 1 aromatic carbocycles. The second kappa shape index (κ2) is 7.53. The fraction of sp³-hybridized carbons (Fsp3) is 0.368. The summed E-state index contributed by atoms with van der Waals surface area (Å²) in [5.41, 5.74) is 3.93. The van der Waals surface area contributed by atoms with Gasteiger partial charge in [-0.2, -0.15) is 0 Å². The first kappa shape index (κ1) is 18.7. The monoisotopic (exact) mass is 344 g/mol. The molecule has 0 bridgehead atoms. The van der Waals surface area contributed by atoms with Gasteiger partial charge in [0.2, 0.25) is 0 Å². The maximum Gasteiger partial charge on any atom is 0.355 e. The number of hydrogen-bond acceptors (Lipinski definition) is 4. The zero-order chi connectivity index (χ0) is 18.7. The number of aromatic amines is 1. The molecule has 2 rings (SSSR count). The summed E-state index contributed by atoms with van der Waals surface area (Å²) >= 11 is 0. The van der Waals surface area contributed by atoms with Crippen molar-refractivity contribution in [2.45, 2.75) is 46.8 Å². The van der Waals surface area contributed by atoms with E-state index in [4.69, 9.17) is 4.74 Å². The Balaban J connectivity index is 2.07. The highest BCUT2D eigenvalue weighted by molar-refractivity contribution is 5.97. The number of ether oxygens (including phenoxy) is 1. The van der Waals surface area contributed by atoms with Gasteiger partial charge >= 0.3 is 5.97 Å². The lowest BCUT2D eigenvalue weighted by Gasteiger charge is -2.14. The van der Waals surface area contributed by atoms with Crippen LogP contribution in [0.4, 0.5) is 5.69 Å². The van der Waals surface area contributed by atoms with Gasteiger partial charge in [0.05, 0.1) is 6.10 Å². The number of hydrogen-bond donors (Lipinski definition) is 3. The molecule has 0 radical (unpaired) electrons. The molecule has 0 spiro atoms. The Hall–Kier alpha value is -2.60. The lowest BCUT2D eigenvalue weighted by molar-refractivity contribution is -0.123. The summed E-state index contributed by atoms with van der Waals surface area (Å²) in [6.07, 6.45) is -1.65.